The van der Waals surface area contributed by atoms with E-state index in [1.165, 1.54) is 15.8 Å². The number of para-hydroxylation sites is 1. The predicted molar refractivity (Wildman–Crippen MR) is 87.8 cm³/mol. The zero-order chi connectivity index (χ0) is 15.1. The summed E-state index contributed by atoms with van der Waals surface area (Å²) in [7, 11) is 0. The Kier molecular flexibility index (Phi) is 3.44. The Morgan fingerprint density at radius 3 is 2.86 bits per heavy atom. The normalized spacial score (nSPS) is 16.6. The Labute approximate surface area is 133 Å². The van der Waals surface area contributed by atoms with Crippen molar-refractivity contribution in [2.24, 2.45) is 0 Å². The summed E-state index contributed by atoms with van der Waals surface area (Å²) in [6, 6.07) is 10.5. The Morgan fingerprint density at radius 1 is 1.27 bits per heavy atom. The Bertz CT molecular complexity index is 892. The van der Waals surface area contributed by atoms with E-state index in [0.29, 0.717) is 0 Å². The number of hydrogen-bond acceptors (Lipinski definition) is 3. The van der Waals surface area contributed by atoms with E-state index in [1.54, 1.807) is 0 Å². The molecule has 1 aliphatic rings. The number of aryl methyl sites for hydroxylation is 1. The molecule has 114 valence electrons. The van der Waals surface area contributed by atoms with Crippen LogP contribution >= 0.6 is 12.2 Å². The van der Waals surface area contributed by atoms with Gasteiger partial charge in [-0.15, -0.1) is 5.10 Å². The van der Waals surface area contributed by atoms with Crippen molar-refractivity contribution in [1.29, 1.82) is 0 Å². The minimum absolute atomic E-state index is 0.769. The van der Waals surface area contributed by atoms with E-state index >= 15 is 0 Å². The first-order chi connectivity index (χ1) is 10.7. The minimum atomic E-state index is 0.769. The van der Waals surface area contributed by atoms with Gasteiger partial charge in [0, 0.05) is 5.39 Å². The fourth-order valence-electron chi connectivity index (χ4n) is 3.15. The molecule has 0 radical (unpaired) electrons. The van der Waals surface area contributed by atoms with E-state index < -0.39 is 0 Å². The highest BCUT2D eigenvalue weighted by atomic mass is 32.1. The standard InChI is InChI=1S/C16H18N4OS/c1-12-10-15-17-19(11-18-6-8-21-9-7-18)16(22)20(15)14-5-3-2-4-13(12)14/h2-5,10H,6-9,11H2,1H3/p+1. The minimum Gasteiger partial charge on any atom is -0.370 e. The van der Waals surface area contributed by atoms with Gasteiger partial charge in [0.05, 0.1) is 18.7 Å². The highest BCUT2D eigenvalue weighted by molar-refractivity contribution is 7.71. The van der Waals surface area contributed by atoms with Crippen molar-refractivity contribution in [3.05, 3.63) is 40.7 Å². The average molecular weight is 315 g/mol. The van der Waals surface area contributed by atoms with E-state index in [-0.39, 0.29) is 0 Å². The lowest BCUT2D eigenvalue weighted by Crippen LogP contribution is -3.13. The first-order valence-electron chi connectivity index (χ1n) is 7.63. The van der Waals surface area contributed by atoms with Crippen LogP contribution < -0.4 is 4.90 Å². The number of hydrogen-bond donors (Lipinski definition) is 1. The molecule has 3 heterocycles. The molecule has 0 saturated carbocycles. The number of nitrogens with one attached hydrogen (secondary N) is 1. The second kappa shape index (κ2) is 5.46. The van der Waals surface area contributed by atoms with Gasteiger partial charge in [0.15, 0.2) is 12.3 Å². The number of nitrogens with zero attached hydrogens (tertiary/aromatic N) is 3. The van der Waals surface area contributed by atoms with Gasteiger partial charge in [-0.05, 0) is 36.8 Å². The highest BCUT2D eigenvalue weighted by Crippen LogP contribution is 2.21. The summed E-state index contributed by atoms with van der Waals surface area (Å²) in [5.41, 5.74) is 3.29. The van der Waals surface area contributed by atoms with Crippen molar-refractivity contribution >= 4 is 28.8 Å². The van der Waals surface area contributed by atoms with Crippen LogP contribution in [0.1, 0.15) is 5.56 Å². The Hall–Kier alpha value is -1.76. The summed E-state index contributed by atoms with van der Waals surface area (Å²) >= 11 is 5.69. The molecule has 1 fully saturated rings. The molecule has 1 N–H and O–H groups in total. The maximum atomic E-state index is 5.69. The van der Waals surface area contributed by atoms with Gasteiger partial charge in [0.1, 0.15) is 13.1 Å². The second-order valence-electron chi connectivity index (χ2n) is 5.84. The van der Waals surface area contributed by atoms with Gasteiger partial charge >= 0.3 is 0 Å². The molecule has 4 rings (SSSR count). The van der Waals surface area contributed by atoms with Crippen molar-refractivity contribution in [2.45, 2.75) is 13.6 Å². The number of fused-ring (bicyclic) bond motifs is 3. The van der Waals surface area contributed by atoms with Crippen molar-refractivity contribution in [3.8, 4) is 0 Å². The van der Waals surface area contributed by atoms with E-state index in [1.807, 2.05) is 10.7 Å². The zero-order valence-corrected chi connectivity index (χ0v) is 13.4. The Morgan fingerprint density at radius 2 is 2.05 bits per heavy atom. The van der Waals surface area contributed by atoms with Crippen LogP contribution in [0.5, 0.6) is 0 Å². The number of ether oxygens (including phenoxy) is 1. The van der Waals surface area contributed by atoms with E-state index in [9.17, 15) is 0 Å². The molecule has 0 spiro atoms. The monoisotopic (exact) mass is 315 g/mol. The summed E-state index contributed by atoms with van der Waals surface area (Å²) in [5, 5.41) is 5.96. The zero-order valence-electron chi connectivity index (χ0n) is 12.6. The summed E-state index contributed by atoms with van der Waals surface area (Å²) < 4.78 is 10.2. The van der Waals surface area contributed by atoms with Crippen LogP contribution in [0.25, 0.3) is 16.6 Å². The molecular formula is C16H19N4OS+. The molecular weight excluding hydrogens is 296 g/mol. The number of morpholine rings is 1. The molecule has 22 heavy (non-hydrogen) atoms. The van der Waals surface area contributed by atoms with Crippen LogP contribution in [-0.4, -0.2) is 40.5 Å². The third-order valence-electron chi connectivity index (χ3n) is 4.35. The molecule has 0 bridgehead atoms. The van der Waals surface area contributed by atoms with E-state index in [2.05, 4.69) is 35.6 Å². The van der Waals surface area contributed by atoms with Gasteiger partial charge in [0.2, 0.25) is 4.77 Å². The lowest BCUT2D eigenvalue weighted by molar-refractivity contribution is -0.930. The number of benzene rings is 1. The van der Waals surface area contributed by atoms with Crippen molar-refractivity contribution in [3.63, 3.8) is 0 Å². The summed E-state index contributed by atoms with van der Waals surface area (Å²) in [5.74, 6) is 0. The van der Waals surface area contributed by atoms with Gasteiger partial charge in [-0.3, -0.25) is 4.40 Å². The lowest BCUT2D eigenvalue weighted by atomic mass is 10.1. The SMILES string of the molecule is Cc1cc2nn(C[NH+]3CCOCC3)c(=S)n2c2ccccc12. The molecule has 0 atom stereocenters. The van der Waals surface area contributed by atoms with Gasteiger partial charge < -0.3 is 9.64 Å². The average Bonchev–Trinajstić information content (AvgIpc) is 2.85. The smallest absolute Gasteiger partial charge is 0.207 e. The fraction of sp³-hybridized carbons (Fsp3) is 0.375. The van der Waals surface area contributed by atoms with Gasteiger partial charge in [-0.2, -0.15) is 4.68 Å². The molecule has 1 aromatic carbocycles. The molecule has 0 unspecified atom stereocenters. The van der Waals surface area contributed by atoms with E-state index in [0.717, 1.165) is 48.9 Å². The predicted octanol–water partition coefficient (Wildman–Crippen LogP) is 1.20. The molecule has 5 nitrogen and oxygen atoms in total. The Balaban J connectivity index is 1.86. The molecule has 2 aromatic heterocycles. The lowest BCUT2D eigenvalue weighted by Gasteiger charge is -2.23. The van der Waals surface area contributed by atoms with Gasteiger partial charge in [-0.25, -0.2) is 0 Å². The van der Waals surface area contributed by atoms with Crippen LogP contribution in [-0.2, 0) is 11.4 Å². The van der Waals surface area contributed by atoms with Crippen molar-refractivity contribution < 1.29 is 9.64 Å². The quantitative estimate of drug-likeness (QED) is 0.722. The van der Waals surface area contributed by atoms with Crippen LogP contribution in [0.2, 0.25) is 0 Å². The van der Waals surface area contributed by atoms with Gasteiger partial charge in [-0.1, -0.05) is 18.2 Å². The maximum absolute atomic E-state index is 5.69. The summed E-state index contributed by atoms with van der Waals surface area (Å²) in [4.78, 5) is 1.46. The highest BCUT2D eigenvalue weighted by Gasteiger charge is 2.17. The van der Waals surface area contributed by atoms with Crippen LogP contribution in [0.15, 0.2) is 30.3 Å². The third-order valence-corrected chi connectivity index (χ3v) is 4.75. The first-order valence-corrected chi connectivity index (χ1v) is 8.04. The fourth-order valence-corrected chi connectivity index (χ4v) is 3.45. The van der Waals surface area contributed by atoms with Crippen LogP contribution in [0, 0.1) is 11.7 Å². The molecule has 1 aliphatic heterocycles. The largest absolute Gasteiger partial charge is 0.370 e. The molecule has 0 aliphatic carbocycles. The molecule has 3 aromatic rings. The summed E-state index contributed by atoms with van der Waals surface area (Å²) in [6.07, 6.45) is 0. The number of rotatable bonds is 2. The van der Waals surface area contributed by atoms with E-state index in [4.69, 9.17) is 22.1 Å². The number of pyridine rings is 1. The molecule has 1 saturated heterocycles. The number of quaternary nitrogens is 1. The van der Waals surface area contributed by atoms with Crippen molar-refractivity contribution in [1.82, 2.24) is 14.2 Å². The van der Waals surface area contributed by atoms with Crippen LogP contribution in [0.4, 0.5) is 0 Å². The van der Waals surface area contributed by atoms with Gasteiger partial charge in [0.25, 0.3) is 0 Å². The van der Waals surface area contributed by atoms with Crippen molar-refractivity contribution in [2.75, 3.05) is 26.3 Å². The maximum Gasteiger partial charge on any atom is 0.207 e. The summed E-state index contributed by atoms with van der Waals surface area (Å²) in [6.45, 7) is 6.58. The molecule has 0 amide bonds. The third kappa shape index (κ3) is 2.24. The van der Waals surface area contributed by atoms with Crippen LogP contribution in [0.3, 0.4) is 0 Å². The number of aromatic nitrogens is 3. The molecule has 6 heteroatoms. The first kappa shape index (κ1) is 13.9. The topological polar surface area (TPSA) is 35.9 Å². The second-order valence-corrected chi connectivity index (χ2v) is 6.21.